The van der Waals surface area contributed by atoms with Gasteiger partial charge in [-0.1, -0.05) is 6.92 Å². The van der Waals surface area contributed by atoms with Crippen LogP contribution in [-0.2, 0) is 6.54 Å². The third-order valence-corrected chi connectivity index (χ3v) is 3.01. The maximum Gasteiger partial charge on any atom is 0.252 e. The second-order valence-corrected chi connectivity index (χ2v) is 4.89. The Morgan fingerprint density at radius 3 is 2.68 bits per heavy atom. The van der Waals surface area contributed by atoms with Crippen LogP contribution in [0.25, 0.3) is 0 Å². The minimum absolute atomic E-state index is 0.183. The minimum atomic E-state index is -0.479. The molecule has 0 bridgehead atoms. The van der Waals surface area contributed by atoms with Crippen molar-refractivity contribution in [3.8, 4) is 12.1 Å². The molecule has 1 aromatic heterocycles. The fourth-order valence-electron chi connectivity index (χ4n) is 2.07. The number of aromatic nitrogens is 3. The molecule has 1 rings (SSSR count). The van der Waals surface area contributed by atoms with E-state index in [1.165, 1.54) is 0 Å². The first kappa shape index (κ1) is 15.1. The van der Waals surface area contributed by atoms with Gasteiger partial charge in [0.1, 0.15) is 17.9 Å². The Morgan fingerprint density at radius 1 is 1.47 bits per heavy atom. The lowest BCUT2D eigenvalue weighted by Crippen LogP contribution is -2.47. The third kappa shape index (κ3) is 4.35. The molecule has 1 heterocycles. The second-order valence-electron chi connectivity index (χ2n) is 4.89. The van der Waals surface area contributed by atoms with Crippen molar-refractivity contribution >= 4 is 0 Å². The van der Waals surface area contributed by atoms with Crippen LogP contribution in [-0.4, -0.2) is 26.3 Å². The number of nitrogens with zero attached hydrogens (tertiary/aromatic N) is 5. The van der Waals surface area contributed by atoms with Crippen LogP contribution >= 0.6 is 0 Å². The molecule has 0 aliphatic rings. The van der Waals surface area contributed by atoms with Crippen LogP contribution in [0.1, 0.15) is 45.9 Å². The van der Waals surface area contributed by atoms with Crippen molar-refractivity contribution in [3.05, 3.63) is 12.2 Å². The number of aryl methyl sites for hydroxylation is 1. The summed E-state index contributed by atoms with van der Waals surface area (Å²) in [5.74, 6) is 0.183. The van der Waals surface area contributed by atoms with E-state index < -0.39 is 5.54 Å². The lowest BCUT2D eigenvalue weighted by molar-refractivity contribution is 0.326. The predicted molar refractivity (Wildman–Crippen MR) is 70.9 cm³/mol. The van der Waals surface area contributed by atoms with E-state index in [0.717, 1.165) is 19.3 Å². The van der Waals surface area contributed by atoms with Gasteiger partial charge in [0.25, 0.3) is 5.82 Å². The van der Waals surface area contributed by atoms with Gasteiger partial charge in [-0.3, -0.25) is 10.00 Å². The number of hydrogen-bond donors (Lipinski definition) is 1. The number of rotatable bonds is 7. The van der Waals surface area contributed by atoms with Gasteiger partial charge in [-0.05, 0) is 33.1 Å². The molecule has 0 aliphatic carbocycles. The molecule has 102 valence electrons. The van der Waals surface area contributed by atoms with Gasteiger partial charge in [-0.25, -0.2) is 4.98 Å². The highest BCUT2D eigenvalue weighted by Crippen LogP contribution is 2.18. The molecule has 0 saturated carbocycles. The van der Waals surface area contributed by atoms with E-state index in [4.69, 9.17) is 5.26 Å². The molecule has 1 unspecified atom stereocenters. The molecule has 0 spiro atoms. The van der Waals surface area contributed by atoms with E-state index in [1.807, 2.05) is 26.8 Å². The van der Waals surface area contributed by atoms with Crippen LogP contribution in [0.5, 0.6) is 0 Å². The first-order chi connectivity index (χ1) is 9.05. The van der Waals surface area contributed by atoms with Crippen molar-refractivity contribution in [2.75, 3.05) is 0 Å². The summed E-state index contributed by atoms with van der Waals surface area (Å²) in [6, 6.07) is 4.56. The fraction of sp³-hybridized carbons (Fsp3) is 0.692. The van der Waals surface area contributed by atoms with Gasteiger partial charge in [-0.2, -0.15) is 10.5 Å². The fourth-order valence-corrected chi connectivity index (χ4v) is 2.07. The van der Waals surface area contributed by atoms with Gasteiger partial charge < -0.3 is 0 Å². The lowest BCUT2D eigenvalue weighted by atomic mass is 9.91. The molecule has 1 atom stereocenters. The Morgan fingerprint density at radius 2 is 2.21 bits per heavy atom. The van der Waals surface area contributed by atoms with Crippen LogP contribution in [0.4, 0.5) is 0 Å². The summed E-state index contributed by atoms with van der Waals surface area (Å²) < 4.78 is 1.64. The van der Waals surface area contributed by atoms with Gasteiger partial charge in [0.15, 0.2) is 0 Å². The molecule has 0 amide bonds. The Hall–Kier alpha value is -1.92. The number of nitriles is 2. The molecule has 1 N–H and O–H groups in total. The summed E-state index contributed by atoms with van der Waals surface area (Å²) in [4.78, 5) is 3.85. The summed E-state index contributed by atoms with van der Waals surface area (Å²) in [5, 5.41) is 25.4. The normalized spacial score (nSPS) is 13.8. The molecule has 1 aromatic rings. The standard InChI is InChI=1S/C13H20N6/c1-4-13(9-15,17-11(2)3)6-5-7-19-10-16-12(8-14)18-19/h10-11,17H,4-7H2,1-3H3. The molecule has 0 radical (unpaired) electrons. The summed E-state index contributed by atoms with van der Waals surface area (Å²) in [6.07, 6.45) is 3.88. The first-order valence-electron chi connectivity index (χ1n) is 6.53. The molecule has 6 nitrogen and oxygen atoms in total. The van der Waals surface area contributed by atoms with Crippen LogP contribution in [0.15, 0.2) is 6.33 Å². The van der Waals surface area contributed by atoms with E-state index in [9.17, 15) is 5.26 Å². The quantitative estimate of drug-likeness (QED) is 0.804. The topological polar surface area (TPSA) is 90.3 Å². The van der Waals surface area contributed by atoms with E-state index in [-0.39, 0.29) is 11.9 Å². The van der Waals surface area contributed by atoms with Crippen molar-refractivity contribution < 1.29 is 0 Å². The van der Waals surface area contributed by atoms with E-state index in [0.29, 0.717) is 6.54 Å². The summed E-state index contributed by atoms with van der Waals surface area (Å²) >= 11 is 0. The Kier molecular flexibility index (Phi) is 5.47. The van der Waals surface area contributed by atoms with Gasteiger partial charge in [0, 0.05) is 12.6 Å². The van der Waals surface area contributed by atoms with Crippen molar-refractivity contribution in [3.63, 3.8) is 0 Å². The van der Waals surface area contributed by atoms with Crippen molar-refractivity contribution in [1.82, 2.24) is 20.1 Å². The smallest absolute Gasteiger partial charge is 0.252 e. The monoisotopic (exact) mass is 260 g/mol. The van der Waals surface area contributed by atoms with Crippen molar-refractivity contribution in [2.45, 2.75) is 58.2 Å². The lowest BCUT2D eigenvalue weighted by Gasteiger charge is -2.29. The van der Waals surface area contributed by atoms with Crippen molar-refractivity contribution in [2.24, 2.45) is 0 Å². The zero-order chi connectivity index (χ0) is 14.3. The number of hydrogen-bond acceptors (Lipinski definition) is 5. The average molecular weight is 260 g/mol. The Balaban J connectivity index is 2.53. The van der Waals surface area contributed by atoms with E-state index >= 15 is 0 Å². The largest absolute Gasteiger partial charge is 0.297 e. The molecule has 6 heteroatoms. The first-order valence-corrected chi connectivity index (χ1v) is 6.53. The zero-order valence-corrected chi connectivity index (χ0v) is 11.7. The molecule has 0 fully saturated rings. The summed E-state index contributed by atoms with van der Waals surface area (Å²) in [7, 11) is 0. The highest BCUT2D eigenvalue weighted by atomic mass is 15.3. The summed E-state index contributed by atoms with van der Waals surface area (Å²) in [5.41, 5.74) is -0.479. The molecule has 0 aromatic carbocycles. The summed E-state index contributed by atoms with van der Waals surface area (Å²) in [6.45, 7) is 6.76. The molecule has 0 saturated heterocycles. The van der Waals surface area contributed by atoms with Crippen LogP contribution in [0, 0.1) is 22.7 Å². The average Bonchev–Trinajstić information content (AvgIpc) is 2.85. The Labute approximate surface area is 114 Å². The van der Waals surface area contributed by atoms with Crippen LogP contribution in [0.2, 0.25) is 0 Å². The zero-order valence-electron chi connectivity index (χ0n) is 11.7. The molecule has 0 aliphatic heterocycles. The van der Waals surface area contributed by atoms with Gasteiger partial charge >= 0.3 is 0 Å². The van der Waals surface area contributed by atoms with Gasteiger partial charge in [-0.15, -0.1) is 5.10 Å². The Bertz CT molecular complexity index is 478. The van der Waals surface area contributed by atoms with Gasteiger partial charge in [0.05, 0.1) is 6.07 Å². The predicted octanol–water partition coefficient (Wildman–Crippen LogP) is 1.60. The highest BCUT2D eigenvalue weighted by Gasteiger charge is 2.27. The SMILES string of the molecule is CCC(C#N)(CCCn1cnc(C#N)n1)NC(C)C. The molecular formula is C13H20N6. The van der Waals surface area contributed by atoms with E-state index in [1.54, 1.807) is 11.0 Å². The second kappa shape index (κ2) is 6.86. The maximum absolute atomic E-state index is 9.37. The van der Waals surface area contributed by atoms with E-state index in [2.05, 4.69) is 21.5 Å². The third-order valence-electron chi connectivity index (χ3n) is 3.01. The maximum atomic E-state index is 9.37. The van der Waals surface area contributed by atoms with Gasteiger partial charge in [0.2, 0.25) is 0 Å². The molecule has 19 heavy (non-hydrogen) atoms. The van der Waals surface area contributed by atoms with Crippen LogP contribution in [0.3, 0.4) is 0 Å². The minimum Gasteiger partial charge on any atom is -0.297 e. The molecular weight excluding hydrogens is 240 g/mol. The number of nitrogens with one attached hydrogen (secondary N) is 1. The highest BCUT2D eigenvalue weighted by molar-refractivity contribution is 5.07. The van der Waals surface area contributed by atoms with Crippen molar-refractivity contribution in [1.29, 1.82) is 10.5 Å². The van der Waals surface area contributed by atoms with Crippen LogP contribution < -0.4 is 5.32 Å².